The van der Waals surface area contributed by atoms with Gasteiger partial charge in [-0.15, -0.1) is 0 Å². The van der Waals surface area contributed by atoms with E-state index in [0.29, 0.717) is 27.3 Å². The Kier molecular flexibility index (Phi) is 3.69. The molecule has 0 bridgehead atoms. The lowest BCUT2D eigenvalue weighted by molar-refractivity contribution is 0.0980. The van der Waals surface area contributed by atoms with Gasteiger partial charge in [-0.3, -0.25) is 4.79 Å². The standard InChI is InChI=1S/C22H13ClO2/c23-16-10-11-18-20(14-16)22(25,13-12-15-6-2-1-3-7-15)19-9-5-4-8-17(19)21(18)24/h1-11,14,25H/t22-/m1/s1. The number of aliphatic hydroxyl groups is 1. The zero-order valence-electron chi connectivity index (χ0n) is 13.2. The molecule has 25 heavy (non-hydrogen) atoms. The largest absolute Gasteiger partial charge is 0.369 e. The Morgan fingerprint density at radius 1 is 0.840 bits per heavy atom. The van der Waals surface area contributed by atoms with Crippen molar-refractivity contribution in [3.8, 4) is 11.8 Å². The second kappa shape index (κ2) is 5.89. The Morgan fingerprint density at radius 2 is 1.52 bits per heavy atom. The van der Waals surface area contributed by atoms with E-state index in [-0.39, 0.29) is 5.78 Å². The molecule has 2 nitrogen and oxygen atoms in total. The molecule has 120 valence electrons. The topological polar surface area (TPSA) is 37.3 Å². The van der Waals surface area contributed by atoms with E-state index in [1.807, 2.05) is 30.3 Å². The highest BCUT2D eigenvalue weighted by atomic mass is 35.5. The van der Waals surface area contributed by atoms with Gasteiger partial charge in [0.25, 0.3) is 0 Å². The molecular formula is C22H13ClO2. The van der Waals surface area contributed by atoms with E-state index in [9.17, 15) is 9.90 Å². The lowest BCUT2D eigenvalue weighted by atomic mass is 9.74. The van der Waals surface area contributed by atoms with Crippen LogP contribution in [0.4, 0.5) is 0 Å². The number of carbonyl (C=O) groups excluding carboxylic acids is 1. The highest BCUT2D eigenvalue weighted by Crippen LogP contribution is 2.40. The summed E-state index contributed by atoms with van der Waals surface area (Å²) in [5, 5.41) is 11.9. The molecule has 4 rings (SSSR count). The van der Waals surface area contributed by atoms with Crippen molar-refractivity contribution in [2.24, 2.45) is 0 Å². The van der Waals surface area contributed by atoms with E-state index in [0.717, 1.165) is 5.56 Å². The van der Waals surface area contributed by atoms with Crippen molar-refractivity contribution >= 4 is 17.4 Å². The van der Waals surface area contributed by atoms with Gasteiger partial charge in [0.05, 0.1) is 0 Å². The molecule has 0 aromatic heterocycles. The first-order valence-corrected chi connectivity index (χ1v) is 8.22. The molecule has 0 radical (unpaired) electrons. The first-order valence-electron chi connectivity index (χ1n) is 7.84. The highest BCUT2D eigenvalue weighted by molar-refractivity contribution is 6.31. The van der Waals surface area contributed by atoms with Crippen LogP contribution in [0.15, 0.2) is 72.8 Å². The van der Waals surface area contributed by atoms with Crippen molar-refractivity contribution in [2.45, 2.75) is 5.60 Å². The van der Waals surface area contributed by atoms with Crippen molar-refractivity contribution in [2.75, 3.05) is 0 Å². The Morgan fingerprint density at radius 3 is 2.32 bits per heavy atom. The van der Waals surface area contributed by atoms with E-state index in [4.69, 9.17) is 11.6 Å². The molecule has 3 heteroatoms. The van der Waals surface area contributed by atoms with Crippen molar-refractivity contribution in [1.82, 2.24) is 0 Å². The third-order valence-corrected chi connectivity index (χ3v) is 4.57. The van der Waals surface area contributed by atoms with Gasteiger partial charge in [-0.2, -0.15) is 0 Å². The van der Waals surface area contributed by atoms with E-state index < -0.39 is 5.60 Å². The van der Waals surface area contributed by atoms with Crippen molar-refractivity contribution < 1.29 is 9.90 Å². The molecular weight excluding hydrogens is 332 g/mol. The normalized spacial score (nSPS) is 17.9. The van der Waals surface area contributed by atoms with Crippen LogP contribution in [-0.2, 0) is 5.60 Å². The number of hydrogen-bond donors (Lipinski definition) is 1. The summed E-state index contributed by atoms with van der Waals surface area (Å²) in [5.74, 6) is 5.85. The molecule has 0 saturated heterocycles. The Labute approximate surface area is 150 Å². The van der Waals surface area contributed by atoms with Crippen molar-refractivity contribution in [3.05, 3.63) is 106 Å². The fourth-order valence-corrected chi connectivity index (χ4v) is 3.29. The lowest BCUT2D eigenvalue weighted by Gasteiger charge is -2.31. The molecule has 3 aromatic rings. The minimum absolute atomic E-state index is 0.131. The van der Waals surface area contributed by atoms with Crippen LogP contribution in [0.3, 0.4) is 0 Å². The second-order valence-corrected chi connectivity index (χ2v) is 6.33. The molecule has 0 fully saturated rings. The average molecular weight is 345 g/mol. The fraction of sp³-hybridized carbons (Fsp3) is 0.0455. The third-order valence-electron chi connectivity index (χ3n) is 4.34. The number of halogens is 1. The molecule has 1 aliphatic carbocycles. The van der Waals surface area contributed by atoms with Gasteiger partial charge in [0.15, 0.2) is 11.4 Å². The van der Waals surface area contributed by atoms with Gasteiger partial charge in [0.1, 0.15) is 0 Å². The number of ketones is 1. The molecule has 1 aliphatic rings. The predicted octanol–water partition coefficient (Wildman–Crippen LogP) is 4.17. The molecule has 0 aliphatic heterocycles. The zero-order valence-corrected chi connectivity index (χ0v) is 13.9. The Balaban J connectivity index is 1.99. The molecule has 0 heterocycles. The van der Waals surface area contributed by atoms with Crippen LogP contribution in [0.2, 0.25) is 5.02 Å². The first-order chi connectivity index (χ1) is 12.1. The van der Waals surface area contributed by atoms with Crippen LogP contribution in [0.5, 0.6) is 0 Å². The molecule has 0 unspecified atom stereocenters. The highest BCUT2D eigenvalue weighted by Gasteiger charge is 2.41. The minimum atomic E-state index is -1.60. The maximum absolute atomic E-state index is 12.8. The molecule has 1 N–H and O–H groups in total. The molecule has 0 amide bonds. The van der Waals surface area contributed by atoms with Gasteiger partial charge in [0.2, 0.25) is 0 Å². The van der Waals surface area contributed by atoms with E-state index in [1.165, 1.54) is 0 Å². The van der Waals surface area contributed by atoms with E-state index in [2.05, 4.69) is 11.8 Å². The van der Waals surface area contributed by atoms with Gasteiger partial charge in [-0.25, -0.2) is 0 Å². The van der Waals surface area contributed by atoms with Crippen LogP contribution < -0.4 is 0 Å². The van der Waals surface area contributed by atoms with Gasteiger partial charge in [0, 0.05) is 32.8 Å². The maximum Gasteiger partial charge on any atom is 0.193 e. The van der Waals surface area contributed by atoms with Gasteiger partial charge >= 0.3 is 0 Å². The second-order valence-electron chi connectivity index (χ2n) is 5.89. The minimum Gasteiger partial charge on any atom is -0.369 e. The van der Waals surface area contributed by atoms with Crippen LogP contribution in [-0.4, -0.2) is 10.9 Å². The zero-order chi connectivity index (χ0) is 17.4. The van der Waals surface area contributed by atoms with Gasteiger partial charge in [-0.1, -0.05) is 65.9 Å². The Bertz CT molecular complexity index is 1040. The van der Waals surface area contributed by atoms with Crippen LogP contribution in [0, 0.1) is 11.8 Å². The SMILES string of the molecule is O=C1c2ccccc2[C@](O)(C#Cc2ccccc2)c2cc(Cl)ccc21. The van der Waals surface area contributed by atoms with E-state index in [1.54, 1.807) is 42.5 Å². The number of fused-ring (bicyclic) bond motifs is 2. The van der Waals surface area contributed by atoms with Gasteiger partial charge in [-0.05, 0) is 30.3 Å². The summed E-state index contributed by atoms with van der Waals surface area (Å²) in [6, 6.07) is 21.3. The number of hydrogen-bond acceptors (Lipinski definition) is 2. The first kappa shape index (κ1) is 15.7. The monoisotopic (exact) mass is 344 g/mol. The van der Waals surface area contributed by atoms with Crippen LogP contribution in [0.25, 0.3) is 0 Å². The summed E-state index contributed by atoms with van der Waals surface area (Å²) in [4.78, 5) is 12.8. The number of rotatable bonds is 0. The number of benzene rings is 3. The molecule has 0 spiro atoms. The fourth-order valence-electron chi connectivity index (χ4n) is 3.12. The average Bonchev–Trinajstić information content (AvgIpc) is 2.65. The third kappa shape index (κ3) is 2.55. The Hall–Kier alpha value is -2.86. The number of carbonyl (C=O) groups is 1. The van der Waals surface area contributed by atoms with Crippen molar-refractivity contribution in [1.29, 1.82) is 0 Å². The van der Waals surface area contributed by atoms with Crippen molar-refractivity contribution in [3.63, 3.8) is 0 Å². The maximum atomic E-state index is 12.8. The summed E-state index contributed by atoms with van der Waals surface area (Å²) < 4.78 is 0. The lowest BCUT2D eigenvalue weighted by Crippen LogP contribution is -2.34. The summed E-state index contributed by atoms with van der Waals surface area (Å²) >= 11 is 6.13. The smallest absolute Gasteiger partial charge is 0.193 e. The van der Waals surface area contributed by atoms with Gasteiger partial charge < -0.3 is 5.11 Å². The molecule has 3 aromatic carbocycles. The summed E-state index contributed by atoms with van der Waals surface area (Å²) in [5.41, 5.74) is 0.981. The predicted molar refractivity (Wildman–Crippen MR) is 97.6 cm³/mol. The van der Waals surface area contributed by atoms with Crippen LogP contribution in [0.1, 0.15) is 32.6 Å². The summed E-state index contributed by atoms with van der Waals surface area (Å²) in [6.07, 6.45) is 0. The molecule has 1 atom stereocenters. The quantitative estimate of drug-likeness (QED) is 0.621. The van der Waals surface area contributed by atoms with E-state index >= 15 is 0 Å². The summed E-state index contributed by atoms with van der Waals surface area (Å²) in [7, 11) is 0. The molecule has 0 saturated carbocycles. The van der Waals surface area contributed by atoms with Crippen LogP contribution >= 0.6 is 11.6 Å². The summed E-state index contributed by atoms with van der Waals surface area (Å²) in [6.45, 7) is 0.